The van der Waals surface area contributed by atoms with Crippen LogP contribution in [0.15, 0.2) is 69.6 Å². The summed E-state index contributed by atoms with van der Waals surface area (Å²) in [5.74, 6) is -0.124. The minimum Gasteiger partial charge on any atom is -0.493 e. The van der Waals surface area contributed by atoms with Crippen molar-refractivity contribution >= 4 is 17.3 Å². The first kappa shape index (κ1) is 26.4. The standard InChI is InChI=1S/C28H31N5O3/c1-4-6-10-20(5-2)18-30-26(34)21-13-15-22(16-14-21)31-32-25-19(3)24(17-29)27(35)33(28(25)36)23-11-8-7-9-12-23/h7-9,11-16,20,35H,4-6,10,18H2,1-3H3,(H,30,34). The summed E-state index contributed by atoms with van der Waals surface area (Å²) in [6.07, 6.45) is 4.42. The molecule has 1 heterocycles. The number of rotatable bonds is 10. The van der Waals surface area contributed by atoms with E-state index in [4.69, 9.17) is 0 Å². The number of aromatic hydroxyl groups is 1. The Hall–Kier alpha value is -4.25. The van der Waals surface area contributed by atoms with E-state index in [1.807, 2.05) is 6.07 Å². The summed E-state index contributed by atoms with van der Waals surface area (Å²) in [6, 6.07) is 17.1. The zero-order chi connectivity index (χ0) is 26.1. The number of para-hydroxylation sites is 1. The first-order valence-corrected chi connectivity index (χ1v) is 12.1. The van der Waals surface area contributed by atoms with Gasteiger partial charge in [0.25, 0.3) is 11.5 Å². The van der Waals surface area contributed by atoms with Gasteiger partial charge < -0.3 is 10.4 Å². The third kappa shape index (κ3) is 6.05. The molecule has 0 fully saturated rings. The third-order valence-electron chi connectivity index (χ3n) is 6.19. The molecule has 8 nitrogen and oxygen atoms in total. The number of amides is 1. The number of aromatic nitrogens is 1. The molecule has 8 heteroatoms. The molecule has 0 aliphatic carbocycles. The van der Waals surface area contributed by atoms with Gasteiger partial charge in [0.15, 0.2) is 5.69 Å². The zero-order valence-electron chi connectivity index (χ0n) is 20.9. The topological polar surface area (TPSA) is 120 Å². The van der Waals surface area contributed by atoms with Crippen molar-refractivity contribution in [3.05, 3.63) is 81.6 Å². The first-order chi connectivity index (χ1) is 17.4. The highest BCUT2D eigenvalue weighted by Gasteiger charge is 2.20. The summed E-state index contributed by atoms with van der Waals surface area (Å²) in [6.45, 7) is 6.48. The van der Waals surface area contributed by atoms with Crippen molar-refractivity contribution in [2.45, 2.75) is 46.5 Å². The van der Waals surface area contributed by atoms with E-state index in [2.05, 4.69) is 29.4 Å². The number of hydrogen-bond acceptors (Lipinski definition) is 6. The Morgan fingerprint density at radius 3 is 2.42 bits per heavy atom. The van der Waals surface area contributed by atoms with Crippen LogP contribution in [0.1, 0.15) is 61.0 Å². The minimum atomic E-state index is -0.594. The van der Waals surface area contributed by atoms with Gasteiger partial charge >= 0.3 is 0 Å². The normalized spacial score (nSPS) is 11.8. The SMILES string of the molecule is CCCCC(CC)CNC(=O)c1ccc(N=Nc2c(C)c(C#N)c(O)n(-c3ccccc3)c2=O)cc1. The Bertz CT molecular complexity index is 1320. The van der Waals surface area contributed by atoms with Gasteiger partial charge in [-0.3, -0.25) is 9.59 Å². The summed E-state index contributed by atoms with van der Waals surface area (Å²) in [5.41, 5.74) is 0.902. The van der Waals surface area contributed by atoms with Crippen LogP contribution in [0.5, 0.6) is 5.88 Å². The van der Waals surface area contributed by atoms with Crippen molar-refractivity contribution in [3.63, 3.8) is 0 Å². The van der Waals surface area contributed by atoms with E-state index in [0.717, 1.165) is 30.3 Å². The number of carbonyl (C=O) groups is 1. The van der Waals surface area contributed by atoms with Crippen LogP contribution in [0.2, 0.25) is 0 Å². The maximum absolute atomic E-state index is 13.1. The second-order valence-corrected chi connectivity index (χ2v) is 8.63. The van der Waals surface area contributed by atoms with Gasteiger partial charge in [-0.05, 0) is 55.7 Å². The summed E-state index contributed by atoms with van der Waals surface area (Å²) >= 11 is 0. The molecular weight excluding hydrogens is 454 g/mol. The molecule has 2 aromatic carbocycles. The number of carbonyl (C=O) groups excluding carboxylic acids is 1. The summed E-state index contributed by atoms with van der Waals surface area (Å²) in [5, 5.41) is 31.4. The van der Waals surface area contributed by atoms with Gasteiger partial charge in [-0.15, -0.1) is 5.11 Å². The Labute approximate surface area is 210 Å². The fourth-order valence-corrected chi connectivity index (χ4v) is 3.90. The predicted molar refractivity (Wildman–Crippen MR) is 139 cm³/mol. The number of azo groups is 1. The number of benzene rings is 2. The first-order valence-electron chi connectivity index (χ1n) is 12.1. The molecule has 0 radical (unpaired) electrons. The van der Waals surface area contributed by atoms with E-state index in [9.17, 15) is 20.0 Å². The molecule has 3 rings (SSSR count). The lowest BCUT2D eigenvalue weighted by molar-refractivity contribution is 0.0946. The molecule has 0 spiro atoms. The van der Waals surface area contributed by atoms with E-state index in [1.54, 1.807) is 61.5 Å². The van der Waals surface area contributed by atoms with Crippen LogP contribution in [0.3, 0.4) is 0 Å². The van der Waals surface area contributed by atoms with Gasteiger partial charge in [-0.2, -0.15) is 10.4 Å². The molecule has 0 bridgehead atoms. The van der Waals surface area contributed by atoms with Gasteiger partial charge in [0, 0.05) is 17.7 Å². The fraction of sp³-hybridized carbons (Fsp3) is 0.321. The Kier molecular flexibility index (Phi) is 9.12. The number of hydrogen-bond donors (Lipinski definition) is 2. The summed E-state index contributed by atoms with van der Waals surface area (Å²) < 4.78 is 1.04. The largest absolute Gasteiger partial charge is 0.493 e. The molecule has 1 atom stereocenters. The van der Waals surface area contributed by atoms with Gasteiger partial charge in [-0.25, -0.2) is 4.57 Å². The average molecular weight is 486 g/mol. The van der Waals surface area contributed by atoms with Crippen molar-refractivity contribution in [3.8, 4) is 17.6 Å². The second kappa shape index (κ2) is 12.5. The number of nitrogens with one attached hydrogen (secondary N) is 1. The molecule has 1 unspecified atom stereocenters. The lowest BCUT2D eigenvalue weighted by atomic mass is 9.99. The monoisotopic (exact) mass is 485 g/mol. The molecule has 36 heavy (non-hydrogen) atoms. The Morgan fingerprint density at radius 1 is 1.11 bits per heavy atom. The van der Waals surface area contributed by atoms with Crippen LogP contribution >= 0.6 is 0 Å². The highest BCUT2D eigenvalue weighted by atomic mass is 16.3. The van der Waals surface area contributed by atoms with Crippen LogP contribution in [0, 0.1) is 24.2 Å². The maximum Gasteiger partial charge on any atom is 0.286 e. The van der Waals surface area contributed by atoms with Crippen molar-refractivity contribution in [1.29, 1.82) is 5.26 Å². The second-order valence-electron chi connectivity index (χ2n) is 8.63. The van der Waals surface area contributed by atoms with Crippen LogP contribution in [-0.2, 0) is 0 Å². The number of unbranched alkanes of at least 4 members (excludes halogenated alkanes) is 1. The molecule has 2 N–H and O–H groups in total. The summed E-state index contributed by atoms with van der Waals surface area (Å²) in [4.78, 5) is 25.7. The smallest absolute Gasteiger partial charge is 0.286 e. The molecule has 3 aromatic rings. The number of pyridine rings is 1. The molecule has 0 aliphatic heterocycles. The Morgan fingerprint density at radius 2 is 1.81 bits per heavy atom. The number of nitriles is 1. The number of nitrogens with zero attached hydrogens (tertiary/aromatic N) is 4. The highest BCUT2D eigenvalue weighted by Crippen LogP contribution is 2.29. The van der Waals surface area contributed by atoms with Gasteiger partial charge in [0.1, 0.15) is 11.6 Å². The van der Waals surface area contributed by atoms with Crippen molar-refractivity contribution in [1.82, 2.24) is 9.88 Å². The van der Waals surface area contributed by atoms with E-state index in [0.29, 0.717) is 29.4 Å². The molecule has 1 amide bonds. The van der Waals surface area contributed by atoms with Gasteiger partial charge in [0.2, 0.25) is 5.88 Å². The lowest BCUT2D eigenvalue weighted by Crippen LogP contribution is -2.29. The minimum absolute atomic E-state index is 0.0484. The molecule has 1 aromatic heterocycles. The van der Waals surface area contributed by atoms with Crippen LogP contribution < -0.4 is 10.9 Å². The zero-order valence-corrected chi connectivity index (χ0v) is 20.9. The molecule has 0 saturated carbocycles. The quantitative estimate of drug-likeness (QED) is 0.338. The van der Waals surface area contributed by atoms with Gasteiger partial charge in [0.05, 0.1) is 11.4 Å². The van der Waals surface area contributed by atoms with Crippen molar-refractivity contribution in [2.24, 2.45) is 16.1 Å². The van der Waals surface area contributed by atoms with E-state index < -0.39 is 11.4 Å². The van der Waals surface area contributed by atoms with E-state index >= 15 is 0 Å². The molecule has 0 aliphatic rings. The van der Waals surface area contributed by atoms with E-state index in [1.165, 1.54) is 0 Å². The third-order valence-corrected chi connectivity index (χ3v) is 6.19. The molecule has 186 valence electrons. The van der Waals surface area contributed by atoms with Crippen molar-refractivity contribution in [2.75, 3.05) is 6.54 Å². The Balaban J connectivity index is 1.82. The van der Waals surface area contributed by atoms with Crippen LogP contribution in [0.4, 0.5) is 11.4 Å². The lowest BCUT2D eigenvalue weighted by Gasteiger charge is -2.15. The molecule has 0 saturated heterocycles. The average Bonchev–Trinajstić information content (AvgIpc) is 2.90. The van der Waals surface area contributed by atoms with Crippen molar-refractivity contribution < 1.29 is 9.90 Å². The van der Waals surface area contributed by atoms with Crippen LogP contribution in [0.25, 0.3) is 5.69 Å². The maximum atomic E-state index is 13.1. The van der Waals surface area contributed by atoms with Crippen LogP contribution in [-0.4, -0.2) is 22.1 Å². The summed E-state index contributed by atoms with van der Waals surface area (Å²) in [7, 11) is 0. The predicted octanol–water partition coefficient (Wildman–Crippen LogP) is 6.08. The fourth-order valence-electron chi connectivity index (χ4n) is 3.90. The van der Waals surface area contributed by atoms with E-state index in [-0.39, 0.29) is 22.7 Å². The highest BCUT2D eigenvalue weighted by molar-refractivity contribution is 5.94. The molecular formula is C28H31N5O3. The van der Waals surface area contributed by atoms with Gasteiger partial charge in [-0.1, -0.05) is 51.3 Å².